The van der Waals surface area contributed by atoms with Crippen molar-refractivity contribution >= 4 is 23.4 Å². The SMILES string of the molecule is CC(C)(C)Nc1cc(-c2ccccc2)nc(Nc2ccc(C3(C(=O)O)CCCC3)cc2)n1. The summed E-state index contributed by atoms with van der Waals surface area (Å²) in [5, 5.41) is 16.6. The Kier molecular flexibility index (Phi) is 5.87. The quantitative estimate of drug-likeness (QED) is 0.445. The molecule has 1 heterocycles. The van der Waals surface area contributed by atoms with Gasteiger partial charge in [-0.3, -0.25) is 4.79 Å². The van der Waals surface area contributed by atoms with Crippen LogP contribution in [0.3, 0.4) is 0 Å². The molecule has 6 heteroatoms. The Morgan fingerprint density at radius 3 is 2.22 bits per heavy atom. The molecule has 1 aliphatic carbocycles. The number of carboxylic acid groups (broad SMARTS) is 1. The van der Waals surface area contributed by atoms with E-state index in [0.29, 0.717) is 18.8 Å². The van der Waals surface area contributed by atoms with Crippen molar-refractivity contribution in [2.24, 2.45) is 0 Å². The molecular formula is C26H30N4O2. The fourth-order valence-corrected chi connectivity index (χ4v) is 4.31. The van der Waals surface area contributed by atoms with Crippen LogP contribution >= 0.6 is 0 Å². The van der Waals surface area contributed by atoms with Crippen LogP contribution in [0, 0.1) is 0 Å². The van der Waals surface area contributed by atoms with Crippen molar-refractivity contribution in [3.63, 3.8) is 0 Å². The maximum Gasteiger partial charge on any atom is 0.314 e. The zero-order chi connectivity index (χ0) is 22.8. The highest BCUT2D eigenvalue weighted by Crippen LogP contribution is 2.41. The van der Waals surface area contributed by atoms with Gasteiger partial charge in [-0.2, -0.15) is 4.98 Å². The van der Waals surface area contributed by atoms with E-state index in [1.165, 1.54) is 0 Å². The van der Waals surface area contributed by atoms with Gasteiger partial charge in [0.2, 0.25) is 5.95 Å². The van der Waals surface area contributed by atoms with E-state index in [9.17, 15) is 9.90 Å². The summed E-state index contributed by atoms with van der Waals surface area (Å²) in [6, 6.07) is 19.6. The monoisotopic (exact) mass is 430 g/mol. The summed E-state index contributed by atoms with van der Waals surface area (Å²) in [6.45, 7) is 6.26. The first kappa shape index (κ1) is 21.8. The highest BCUT2D eigenvalue weighted by Gasteiger charge is 2.42. The van der Waals surface area contributed by atoms with E-state index in [4.69, 9.17) is 4.98 Å². The van der Waals surface area contributed by atoms with Crippen molar-refractivity contribution in [1.29, 1.82) is 0 Å². The number of carboxylic acids is 1. The van der Waals surface area contributed by atoms with Crippen LogP contribution in [-0.2, 0) is 10.2 Å². The maximum atomic E-state index is 12.0. The van der Waals surface area contributed by atoms with E-state index in [1.54, 1.807) is 0 Å². The molecule has 0 bridgehead atoms. The van der Waals surface area contributed by atoms with Gasteiger partial charge in [0, 0.05) is 22.9 Å². The molecule has 32 heavy (non-hydrogen) atoms. The summed E-state index contributed by atoms with van der Waals surface area (Å²) in [5.74, 6) is 0.494. The lowest BCUT2D eigenvalue weighted by Gasteiger charge is -2.24. The van der Waals surface area contributed by atoms with Crippen LogP contribution in [-0.4, -0.2) is 26.6 Å². The number of anilines is 3. The summed E-state index contributed by atoms with van der Waals surface area (Å²) < 4.78 is 0. The predicted octanol–water partition coefficient (Wildman–Crippen LogP) is 5.99. The predicted molar refractivity (Wildman–Crippen MR) is 128 cm³/mol. The number of nitrogens with zero attached hydrogens (tertiary/aromatic N) is 2. The molecule has 6 nitrogen and oxygen atoms in total. The number of hydrogen-bond acceptors (Lipinski definition) is 5. The largest absolute Gasteiger partial charge is 0.481 e. The Morgan fingerprint density at radius 2 is 1.62 bits per heavy atom. The zero-order valence-corrected chi connectivity index (χ0v) is 18.9. The average Bonchev–Trinajstić information content (AvgIpc) is 3.25. The molecule has 1 aromatic heterocycles. The van der Waals surface area contributed by atoms with Crippen molar-refractivity contribution in [2.45, 2.75) is 57.4 Å². The molecular weight excluding hydrogens is 400 g/mol. The number of nitrogens with one attached hydrogen (secondary N) is 2. The van der Waals surface area contributed by atoms with Crippen LogP contribution in [0.4, 0.5) is 17.5 Å². The summed E-state index contributed by atoms with van der Waals surface area (Å²) in [5.41, 5.74) is 2.61. The highest BCUT2D eigenvalue weighted by molar-refractivity contribution is 5.82. The van der Waals surface area contributed by atoms with Crippen LogP contribution in [0.5, 0.6) is 0 Å². The van der Waals surface area contributed by atoms with Crippen LogP contribution in [0.1, 0.15) is 52.0 Å². The fraction of sp³-hybridized carbons (Fsp3) is 0.346. The van der Waals surface area contributed by atoms with Crippen molar-refractivity contribution in [2.75, 3.05) is 10.6 Å². The second kappa shape index (κ2) is 8.61. The summed E-state index contributed by atoms with van der Waals surface area (Å²) in [4.78, 5) is 21.3. The normalized spacial score (nSPS) is 15.3. The molecule has 166 valence electrons. The lowest BCUT2D eigenvalue weighted by Crippen LogP contribution is -2.32. The molecule has 0 amide bonds. The Morgan fingerprint density at radius 1 is 0.969 bits per heavy atom. The first-order valence-corrected chi connectivity index (χ1v) is 11.1. The second-order valence-electron chi connectivity index (χ2n) is 9.50. The number of aromatic nitrogens is 2. The van der Waals surface area contributed by atoms with E-state index in [2.05, 4.69) is 36.4 Å². The molecule has 1 fully saturated rings. The van der Waals surface area contributed by atoms with Crippen LogP contribution in [0.2, 0.25) is 0 Å². The van der Waals surface area contributed by atoms with Crippen molar-refractivity contribution < 1.29 is 9.90 Å². The molecule has 0 atom stereocenters. The first-order valence-electron chi connectivity index (χ1n) is 11.1. The maximum absolute atomic E-state index is 12.0. The van der Waals surface area contributed by atoms with Crippen molar-refractivity contribution in [1.82, 2.24) is 9.97 Å². The molecule has 3 aromatic rings. The van der Waals surface area contributed by atoms with Gasteiger partial charge in [0.25, 0.3) is 0 Å². The van der Waals surface area contributed by atoms with Crippen molar-refractivity contribution in [3.8, 4) is 11.3 Å². The standard InChI is InChI=1S/C26H30N4O2/c1-25(2,3)30-22-17-21(18-9-5-4-6-10-18)28-24(29-22)27-20-13-11-19(12-14-20)26(23(31)32)15-7-8-16-26/h4-6,9-14,17H,7-8,15-16H2,1-3H3,(H,31,32)(H2,27,28,29,30). The molecule has 1 aliphatic rings. The van der Waals surface area contributed by atoms with Gasteiger partial charge in [0.1, 0.15) is 5.82 Å². The smallest absolute Gasteiger partial charge is 0.314 e. The number of rotatable bonds is 6. The lowest BCUT2D eigenvalue weighted by molar-refractivity contribution is -0.143. The number of hydrogen-bond donors (Lipinski definition) is 3. The van der Waals surface area contributed by atoms with Gasteiger partial charge >= 0.3 is 5.97 Å². The molecule has 0 radical (unpaired) electrons. The Balaban J connectivity index is 1.63. The van der Waals surface area contributed by atoms with Gasteiger partial charge in [0.15, 0.2) is 0 Å². The molecule has 0 unspecified atom stereocenters. The molecule has 0 spiro atoms. The van der Waals surface area contributed by atoms with Gasteiger partial charge in [-0.25, -0.2) is 4.98 Å². The third-order valence-corrected chi connectivity index (χ3v) is 5.86. The third-order valence-electron chi connectivity index (χ3n) is 5.86. The van der Waals surface area contributed by atoms with E-state index in [-0.39, 0.29) is 5.54 Å². The molecule has 4 rings (SSSR count). The number of aliphatic carboxylic acids is 1. The van der Waals surface area contributed by atoms with E-state index in [0.717, 1.165) is 41.2 Å². The van der Waals surface area contributed by atoms with Crippen LogP contribution in [0.25, 0.3) is 11.3 Å². The zero-order valence-electron chi connectivity index (χ0n) is 18.9. The molecule has 1 saturated carbocycles. The molecule has 3 N–H and O–H groups in total. The number of carbonyl (C=O) groups is 1. The van der Waals surface area contributed by atoms with E-state index in [1.807, 2.05) is 60.7 Å². The minimum Gasteiger partial charge on any atom is -0.481 e. The van der Waals surface area contributed by atoms with Gasteiger partial charge in [-0.1, -0.05) is 55.3 Å². The van der Waals surface area contributed by atoms with E-state index >= 15 is 0 Å². The molecule has 0 aliphatic heterocycles. The van der Waals surface area contributed by atoms with Crippen LogP contribution in [0.15, 0.2) is 60.7 Å². The number of benzene rings is 2. The van der Waals surface area contributed by atoms with Gasteiger partial charge in [-0.05, 0) is 51.3 Å². The third kappa shape index (κ3) is 4.74. The van der Waals surface area contributed by atoms with Crippen molar-refractivity contribution in [3.05, 3.63) is 66.2 Å². The van der Waals surface area contributed by atoms with Gasteiger partial charge < -0.3 is 15.7 Å². The highest BCUT2D eigenvalue weighted by atomic mass is 16.4. The summed E-state index contributed by atoms with van der Waals surface area (Å²) >= 11 is 0. The van der Waals surface area contributed by atoms with Crippen LogP contribution < -0.4 is 10.6 Å². The Bertz CT molecular complexity index is 1080. The summed E-state index contributed by atoms with van der Waals surface area (Å²) in [6.07, 6.45) is 3.30. The Labute approximate surface area is 189 Å². The van der Waals surface area contributed by atoms with E-state index < -0.39 is 11.4 Å². The molecule has 2 aromatic carbocycles. The summed E-state index contributed by atoms with van der Waals surface area (Å²) in [7, 11) is 0. The first-order chi connectivity index (χ1) is 15.2. The molecule has 0 saturated heterocycles. The minimum atomic E-state index is -0.758. The topological polar surface area (TPSA) is 87.1 Å². The second-order valence-corrected chi connectivity index (χ2v) is 9.50. The van der Waals surface area contributed by atoms with Gasteiger partial charge in [0.05, 0.1) is 11.1 Å². The average molecular weight is 431 g/mol. The Hall–Kier alpha value is -3.41. The lowest BCUT2D eigenvalue weighted by atomic mass is 9.79. The minimum absolute atomic E-state index is 0.145. The van der Waals surface area contributed by atoms with Gasteiger partial charge in [-0.15, -0.1) is 0 Å². The fourth-order valence-electron chi connectivity index (χ4n) is 4.31.